The maximum Gasteiger partial charge on any atom is 0.240 e. The van der Waals surface area contributed by atoms with Crippen LogP contribution in [0.25, 0.3) is 0 Å². The van der Waals surface area contributed by atoms with Gasteiger partial charge in [0, 0.05) is 25.2 Å². The lowest BCUT2D eigenvalue weighted by Crippen LogP contribution is -2.55. The number of carbonyl (C=O) groups excluding carboxylic acids is 2. The number of likely N-dealkylation sites (tertiary alicyclic amines) is 1. The quantitative estimate of drug-likeness (QED) is 0.225. The molecule has 2 amide bonds. The molecule has 7 nitrogen and oxygen atoms in total. The second kappa shape index (κ2) is 12.6. The number of fused-ring (bicyclic) bond motifs is 1. The molecule has 3 aliphatic rings. The fourth-order valence-corrected chi connectivity index (χ4v) is 5.32. The van der Waals surface area contributed by atoms with E-state index in [1.54, 1.807) is 0 Å². The molecule has 0 bridgehead atoms. The molecular weight excluding hydrogens is 402 g/mol. The van der Waals surface area contributed by atoms with E-state index in [9.17, 15) is 9.59 Å². The van der Waals surface area contributed by atoms with Crippen molar-refractivity contribution in [2.75, 3.05) is 26.2 Å². The molecule has 1 aromatic rings. The number of piperidine rings is 1. The topological polar surface area (TPSA) is 111 Å². The number of nitrogens with two attached hydrogens (primary N) is 1. The molecule has 32 heavy (non-hydrogen) atoms. The molecule has 0 aromatic heterocycles. The van der Waals surface area contributed by atoms with E-state index in [1.807, 2.05) is 24.3 Å². The van der Waals surface area contributed by atoms with Gasteiger partial charge in [-0.3, -0.25) is 15.0 Å². The van der Waals surface area contributed by atoms with Gasteiger partial charge in [0.15, 0.2) is 0 Å². The third kappa shape index (κ3) is 6.79. The molecule has 3 atom stereocenters. The molecule has 3 unspecified atom stereocenters. The molecule has 0 radical (unpaired) electrons. The zero-order valence-corrected chi connectivity index (χ0v) is 19.2. The number of nitrogens with zero attached hydrogens (tertiary/aromatic N) is 1. The summed E-state index contributed by atoms with van der Waals surface area (Å²) in [5.41, 5.74) is 7.27. The van der Waals surface area contributed by atoms with Crippen molar-refractivity contribution < 1.29 is 9.59 Å². The molecule has 1 aromatic carbocycles. The molecule has 2 aliphatic heterocycles. The van der Waals surface area contributed by atoms with Gasteiger partial charge < -0.3 is 21.3 Å². The van der Waals surface area contributed by atoms with Gasteiger partial charge in [0.1, 0.15) is 5.84 Å². The van der Waals surface area contributed by atoms with Crippen molar-refractivity contribution in [3.8, 4) is 0 Å². The highest BCUT2D eigenvalue weighted by atomic mass is 16.2. The molecule has 0 spiro atoms. The summed E-state index contributed by atoms with van der Waals surface area (Å²) < 4.78 is 0. The molecular formula is C25H39N5O2. The van der Waals surface area contributed by atoms with Crippen LogP contribution in [0.15, 0.2) is 24.3 Å². The first kappa shape index (κ1) is 24.2. The van der Waals surface area contributed by atoms with Crippen LogP contribution in [-0.2, 0) is 16.0 Å². The first-order chi connectivity index (χ1) is 15.6. The van der Waals surface area contributed by atoms with Gasteiger partial charge in [-0.05, 0) is 62.5 Å². The summed E-state index contributed by atoms with van der Waals surface area (Å²) in [5, 5.41) is 13.3. The summed E-state index contributed by atoms with van der Waals surface area (Å²) in [7, 11) is 0. The number of aryl methyl sites for hydroxylation is 1. The number of amidine groups is 1. The Balaban J connectivity index is 0.000000183. The molecule has 7 heteroatoms. The van der Waals surface area contributed by atoms with Gasteiger partial charge in [0.25, 0.3) is 0 Å². The van der Waals surface area contributed by atoms with Crippen molar-refractivity contribution in [2.45, 2.75) is 63.8 Å². The summed E-state index contributed by atoms with van der Waals surface area (Å²) in [6.07, 6.45) is 11.6. The maximum absolute atomic E-state index is 12.5. The van der Waals surface area contributed by atoms with Crippen LogP contribution in [0.4, 0.5) is 0 Å². The SMILES string of the molecule is N=C(N)c1ccc(CCCNC=O)cc1.O=C(C1NCCC2CCCCC21)N1CCCC1. The number of benzene rings is 1. The van der Waals surface area contributed by atoms with Crippen molar-refractivity contribution in [1.29, 1.82) is 5.41 Å². The van der Waals surface area contributed by atoms with Gasteiger partial charge in [-0.2, -0.15) is 0 Å². The normalized spacial score (nSPS) is 24.6. The average molecular weight is 442 g/mol. The Kier molecular flexibility index (Phi) is 9.53. The number of carbonyl (C=O) groups is 2. The summed E-state index contributed by atoms with van der Waals surface area (Å²) >= 11 is 0. The van der Waals surface area contributed by atoms with Crippen LogP contribution in [0.1, 0.15) is 62.5 Å². The van der Waals surface area contributed by atoms with E-state index in [-0.39, 0.29) is 11.9 Å². The number of hydrogen-bond acceptors (Lipinski definition) is 4. The van der Waals surface area contributed by atoms with Gasteiger partial charge in [-0.25, -0.2) is 0 Å². The van der Waals surface area contributed by atoms with Crippen LogP contribution in [0.2, 0.25) is 0 Å². The predicted molar refractivity (Wildman–Crippen MR) is 128 cm³/mol. The van der Waals surface area contributed by atoms with E-state index < -0.39 is 0 Å². The minimum absolute atomic E-state index is 0.0872. The highest BCUT2D eigenvalue weighted by Crippen LogP contribution is 2.37. The summed E-state index contributed by atoms with van der Waals surface area (Å²) in [6, 6.07) is 7.73. The number of nitrogens with one attached hydrogen (secondary N) is 3. The van der Waals surface area contributed by atoms with Gasteiger partial charge >= 0.3 is 0 Å². The molecule has 2 heterocycles. The first-order valence-electron chi connectivity index (χ1n) is 12.2. The highest BCUT2D eigenvalue weighted by Gasteiger charge is 2.40. The third-order valence-electron chi connectivity index (χ3n) is 7.09. The van der Waals surface area contributed by atoms with Crippen molar-refractivity contribution >= 4 is 18.2 Å². The van der Waals surface area contributed by atoms with Crippen molar-refractivity contribution in [3.05, 3.63) is 35.4 Å². The van der Waals surface area contributed by atoms with Crippen LogP contribution in [0.3, 0.4) is 0 Å². The van der Waals surface area contributed by atoms with Crippen molar-refractivity contribution in [2.24, 2.45) is 17.6 Å². The summed E-state index contributed by atoms with van der Waals surface area (Å²) in [6.45, 7) is 3.73. The molecule has 4 rings (SSSR count). The number of rotatable bonds is 7. The third-order valence-corrected chi connectivity index (χ3v) is 7.09. The number of hydrogen-bond donors (Lipinski definition) is 4. The summed E-state index contributed by atoms with van der Waals surface area (Å²) in [4.78, 5) is 24.6. The van der Waals surface area contributed by atoms with E-state index >= 15 is 0 Å². The Hall–Kier alpha value is -2.41. The molecule has 2 saturated heterocycles. The standard InChI is InChI=1S/C14H24N2O.C11H15N3O/c17-14(16-9-3-4-10-16)13-12-6-2-1-5-11(12)7-8-15-13;12-11(13)10-5-3-9(4-6-10)2-1-7-14-8-15/h11-13,15H,1-10H2;3-6,8H,1-2,7H2,(H3,12,13)(H,14,15). The van der Waals surface area contributed by atoms with Crippen molar-refractivity contribution in [3.63, 3.8) is 0 Å². The lowest BCUT2D eigenvalue weighted by atomic mass is 9.71. The molecule has 1 aliphatic carbocycles. The maximum atomic E-state index is 12.5. The monoisotopic (exact) mass is 441 g/mol. The minimum Gasteiger partial charge on any atom is -0.384 e. The smallest absolute Gasteiger partial charge is 0.240 e. The van der Waals surface area contributed by atoms with E-state index in [0.717, 1.165) is 44.0 Å². The summed E-state index contributed by atoms with van der Waals surface area (Å²) in [5.74, 6) is 1.94. The second-order valence-corrected chi connectivity index (χ2v) is 9.25. The first-order valence-corrected chi connectivity index (χ1v) is 12.2. The number of nitrogen functional groups attached to an aromatic ring is 1. The number of amides is 2. The Bertz CT molecular complexity index is 743. The molecule has 5 N–H and O–H groups in total. The van der Waals surface area contributed by atoms with Gasteiger partial charge in [-0.15, -0.1) is 0 Å². The average Bonchev–Trinajstić information content (AvgIpc) is 3.37. The fourth-order valence-electron chi connectivity index (χ4n) is 5.32. The Labute approximate surface area is 192 Å². The van der Waals surface area contributed by atoms with E-state index in [2.05, 4.69) is 15.5 Å². The van der Waals surface area contributed by atoms with Crippen LogP contribution < -0.4 is 16.4 Å². The lowest BCUT2D eigenvalue weighted by Gasteiger charge is -2.42. The zero-order valence-electron chi connectivity index (χ0n) is 19.2. The van der Waals surface area contributed by atoms with E-state index in [0.29, 0.717) is 24.8 Å². The molecule has 3 fully saturated rings. The minimum atomic E-state index is 0.0872. The molecule has 176 valence electrons. The zero-order chi connectivity index (χ0) is 22.8. The molecule has 1 saturated carbocycles. The van der Waals surface area contributed by atoms with Crippen molar-refractivity contribution in [1.82, 2.24) is 15.5 Å². The van der Waals surface area contributed by atoms with Gasteiger partial charge in [0.2, 0.25) is 12.3 Å². The van der Waals surface area contributed by atoms with Gasteiger partial charge in [0.05, 0.1) is 6.04 Å². The van der Waals surface area contributed by atoms with Crippen LogP contribution in [-0.4, -0.2) is 55.3 Å². The Morgan fingerprint density at radius 3 is 2.53 bits per heavy atom. The Morgan fingerprint density at radius 2 is 1.84 bits per heavy atom. The fraction of sp³-hybridized carbons (Fsp3) is 0.640. The van der Waals surface area contributed by atoms with Crippen LogP contribution in [0, 0.1) is 17.2 Å². The van der Waals surface area contributed by atoms with Gasteiger partial charge in [-0.1, -0.05) is 43.5 Å². The Morgan fingerprint density at radius 1 is 1.12 bits per heavy atom. The highest BCUT2D eigenvalue weighted by molar-refractivity contribution is 5.94. The van der Waals surface area contributed by atoms with E-state index in [4.69, 9.17) is 11.1 Å². The largest absolute Gasteiger partial charge is 0.384 e. The lowest BCUT2D eigenvalue weighted by molar-refractivity contribution is -0.135. The van der Waals surface area contributed by atoms with Crippen LogP contribution in [0.5, 0.6) is 0 Å². The van der Waals surface area contributed by atoms with E-state index in [1.165, 1.54) is 50.5 Å². The van der Waals surface area contributed by atoms with Crippen LogP contribution >= 0.6 is 0 Å². The second-order valence-electron chi connectivity index (χ2n) is 9.25. The predicted octanol–water partition coefficient (Wildman–Crippen LogP) is 2.43.